The molecule has 0 aliphatic heterocycles. The Bertz CT molecular complexity index is 498. The van der Waals surface area contributed by atoms with Crippen molar-refractivity contribution in [1.29, 1.82) is 0 Å². The topological polar surface area (TPSA) is 103 Å². The van der Waals surface area contributed by atoms with E-state index in [2.05, 4.69) is 20.3 Å². The van der Waals surface area contributed by atoms with Gasteiger partial charge in [-0.05, 0) is 12.1 Å². The highest BCUT2D eigenvalue weighted by Crippen LogP contribution is 2.22. The minimum atomic E-state index is 0.228. The molecular weight excluding hydrogens is 228 g/mol. The van der Waals surface area contributed by atoms with Crippen molar-refractivity contribution in [1.82, 2.24) is 15.0 Å². The third-order valence-corrected chi connectivity index (χ3v) is 2.11. The zero-order valence-electron chi connectivity index (χ0n) is 8.18. The van der Waals surface area contributed by atoms with Crippen LogP contribution in [0.3, 0.4) is 0 Å². The largest absolute Gasteiger partial charge is 0.393 e. The average molecular weight is 237 g/mol. The average Bonchev–Trinajstić information content (AvgIpc) is 2.28. The number of anilines is 4. The SMILES string of the molecule is Nc1ncnc(Nc2ccc(Cl)cn2)c1N. The van der Waals surface area contributed by atoms with Crippen molar-refractivity contribution in [2.75, 3.05) is 16.8 Å². The fourth-order valence-electron chi connectivity index (χ4n) is 1.08. The normalized spacial score (nSPS) is 10.1. The van der Waals surface area contributed by atoms with Gasteiger partial charge in [-0.3, -0.25) is 0 Å². The second-order valence-corrected chi connectivity index (χ2v) is 3.44. The van der Waals surface area contributed by atoms with E-state index in [1.807, 2.05) is 0 Å². The molecule has 0 aliphatic carbocycles. The molecule has 16 heavy (non-hydrogen) atoms. The van der Waals surface area contributed by atoms with Gasteiger partial charge in [-0.15, -0.1) is 0 Å². The Morgan fingerprint density at radius 2 is 1.94 bits per heavy atom. The van der Waals surface area contributed by atoms with Gasteiger partial charge in [0.25, 0.3) is 0 Å². The van der Waals surface area contributed by atoms with Crippen molar-refractivity contribution in [3.05, 3.63) is 29.7 Å². The summed E-state index contributed by atoms with van der Waals surface area (Å²) in [7, 11) is 0. The van der Waals surface area contributed by atoms with Crippen molar-refractivity contribution in [2.45, 2.75) is 0 Å². The van der Waals surface area contributed by atoms with Crippen LogP contribution < -0.4 is 16.8 Å². The van der Waals surface area contributed by atoms with Crippen LogP contribution in [0, 0.1) is 0 Å². The molecule has 0 amide bonds. The first-order chi connectivity index (χ1) is 7.66. The van der Waals surface area contributed by atoms with Crippen LogP contribution in [0.1, 0.15) is 0 Å². The van der Waals surface area contributed by atoms with Crippen LogP contribution in [0.5, 0.6) is 0 Å². The molecule has 6 nitrogen and oxygen atoms in total. The van der Waals surface area contributed by atoms with Crippen molar-refractivity contribution < 1.29 is 0 Å². The highest BCUT2D eigenvalue weighted by molar-refractivity contribution is 6.30. The molecule has 7 heteroatoms. The summed E-state index contributed by atoms with van der Waals surface area (Å²) in [6, 6.07) is 3.41. The Morgan fingerprint density at radius 3 is 2.62 bits per heavy atom. The first-order valence-corrected chi connectivity index (χ1v) is 4.79. The molecule has 0 radical (unpaired) electrons. The summed E-state index contributed by atoms with van der Waals surface area (Å²) >= 11 is 5.71. The number of nitrogens with one attached hydrogen (secondary N) is 1. The molecule has 0 fully saturated rings. The number of nitrogens with zero attached hydrogens (tertiary/aromatic N) is 3. The maximum Gasteiger partial charge on any atom is 0.160 e. The molecule has 2 rings (SSSR count). The Balaban J connectivity index is 2.27. The molecular formula is C9H9ClN6. The molecule has 2 aromatic heterocycles. The summed E-state index contributed by atoms with van der Waals surface area (Å²) in [6.07, 6.45) is 2.84. The fourth-order valence-corrected chi connectivity index (χ4v) is 1.19. The quantitative estimate of drug-likeness (QED) is 0.729. The summed E-state index contributed by atoms with van der Waals surface area (Å²) in [5.41, 5.74) is 11.5. The molecule has 0 unspecified atom stereocenters. The van der Waals surface area contributed by atoms with E-state index < -0.39 is 0 Å². The smallest absolute Gasteiger partial charge is 0.160 e. The number of halogens is 1. The van der Waals surface area contributed by atoms with Crippen LogP contribution in [-0.4, -0.2) is 15.0 Å². The Hall–Kier alpha value is -2.08. The number of nitrogens with two attached hydrogens (primary N) is 2. The maximum absolute atomic E-state index is 5.71. The van der Waals surface area contributed by atoms with E-state index in [1.54, 1.807) is 12.1 Å². The maximum atomic E-state index is 5.71. The first kappa shape index (κ1) is 10.4. The highest BCUT2D eigenvalue weighted by atomic mass is 35.5. The molecule has 2 aromatic rings. The van der Waals surface area contributed by atoms with Gasteiger partial charge in [0.1, 0.15) is 17.8 Å². The number of aromatic nitrogens is 3. The molecule has 0 saturated heterocycles. The molecule has 0 aliphatic rings. The molecule has 0 saturated carbocycles. The highest BCUT2D eigenvalue weighted by Gasteiger charge is 2.05. The third kappa shape index (κ3) is 2.12. The van der Waals surface area contributed by atoms with E-state index in [-0.39, 0.29) is 5.82 Å². The summed E-state index contributed by atoms with van der Waals surface area (Å²) in [6.45, 7) is 0. The van der Waals surface area contributed by atoms with Crippen molar-refractivity contribution in [2.24, 2.45) is 0 Å². The molecule has 2 heterocycles. The summed E-state index contributed by atoms with van der Waals surface area (Å²) < 4.78 is 0. The van der Waals surface area contributed by atoms with Crippen LogP contribution >= 0.6 is 11.6 Å². The van der Waals surface area contributed by atoms with Gasteiger partial charge in [-0.25, -0.2) is 15.0 Å². The third-order valence-electron chi connectivity index (χ3n) is 1.89. The van der Waals surface area contributed by atoms with Crippen molar-refractivity contribution in [3.8, 4) is 0 Å². The van der Waals surface area contributed by atoms with Crippen molar-refractivity contribution >= 4 is 34.7 Å². The van der Waals surface area contributed by atoms with Gasteiger partial charge in [-0.2, -0.15) is 0 Å². The molecule has 5 N–H and O–H groups in total. The zero-order valence-corrected chi connectivity index (χ0v) is 8.94. The second-order valence-electron chi connectivity index (χ2n) is 3.01. The molecule has 82 valence electrons. The standard InChI is InChI=1S/C9H9ClN6/c10-5-1-2-6(13-3-5)16-9-7(11)8(12)14-4-15-9/h1-4H,11H2,(H3,12,13,14,15,16). The number of pyridine rings is 1. The zero-order chi connectivity index (χ0) is 11.5. The Kier molecular flexibility index (Phi) is 2.74. The van der Waals surface area contributed by atoms with E-state index >= 15 is 0 Å². The van der Waals surface area contributed by atoms with E-state index in [0.717, 1.165) is 0 Å². The second kappa shape index (κ2) is 4.19. The van der Waals surface area contributed by atoms with Gasteiger partial charge in [0.15, 0.2) is 11.6 Å². The Morgan fingerprint density at radius 1 is 1.12 bits per heavy atom. The van der Waals surface area contributed by atoms with Gasteiger partial charge in [-0.1, -0.05) is 11.6 Å². The number of hydrogen-bond acceptors (Lipinski definition) is 6. The minimum Gasteiger partial charge on any atom is -0.393 e. The summed E-state index contributed by atoms with van der Waals surface area (Å²) in [4.78, 5) is 11.8. The van der Waals surface area contributed by atoms with Gasteiger partial charge in [0.05, 0.1) is 5.02 Å². The first-order valence-electron chi connectivity index (χ1n) is 4.41. The summed E-state index contributed by atoms with van der Waals surface area (Å²) in [5, 5.41) is 3.47. The van der Waals surface area contributed by atoms with Crippen LogP contribution in [0.25, 0.3) is 0 Å². The molecule has 0 atom stereocenters. The van der Waals surface area contributed by atoms with Gasteiger partial charge in [0, 0.05) is 6.20 Å². The Labute approximate surface area is 96.7 Å². The van der Waals surface area contributed by atoms with Gasteiger partial charge >= 0.3 is 0 Å². The molecule has 0 bridgehead atoms. The van der Waals surface area contributed by atoms with Crippen LogP contribution in [0.15, 0.2) is 24.7 Å². The van der Waals surface area contributed by atoms with E-state index in [9.17, 15) is 0 Å². The van der Waals surface area contributed by atoms with Crippen LogP contribution in [-0.2, 0) is 0 Å². The minimum absolute atomic E-state index is 0.228. The lowest BCUT2D eigenvalue weighted by Crippen LogP contribution is -2.05. The number of rotatable bonds is 2. The van der Waals surface area contributed by atoms with Crippen LogP contribution in [0.4, 0.5) is 23.1 Å². The van der Waals surface area contributed by atoms with E-state index in [0.29, 0.717) is 22.3 Å². The van der Waals surface area contributed by atoms with Crippen molar-refractivity contribution in [3.63, 3.8) is 0 Å². The van der Waals surface area contributed by atoms with E-state index in [1.165, 1.54) is 12.5 Å². The predicted molar refractivity (Wildman–Crippen MR) is 63.4 cm³/mol. The molecule has 0 aromatic carbocycles. The predicted octanol–water partition coefficient (Wildman–Crippen LogP) is 1.43. The number of hydrogen-bond donors (Lipinski definition) is 3. The lowest BCUT2D eigenvalue weighted by Gasteiger charge is -2.07. The fraction of sp³-hybridized carbons (Fsp3) is 0. The molecule has 0 spiro atoms. The van der Waals surface area contributed by atoms with Crippen LogP contribution in [0.2, 0.25) is 5.02 Å². The number of nitrogen functional groups attached to an aromatic ring is 2. The van der Waals surface area contributed by atoms with Gasteiger partial charge < -0.3 is 16.8 Å². The monoisotopic (exact) mass is 236 g/mol. The van der Waals surface area contributed by atoms with E-state index in [4.69, 9.17) is 23.1 Å². The van der Waals surface area contributed by atoms with Gasteiger partial charge in [0.2, 0.25) is 0 Å². The lowest BCUT2D eigenvalue weighted by molar-refractivity contribution is 1.17. The lowest BCUT2D eigenvalue weighted by atomic mass is 10.4. The summed E-state index contributed by atoms with van der Waals surface area (Å²) in [5.74, 6) is 1.22.